The van der Waals surface area contributed by atoms with Gasteiger partial charge in [0.25, 0.3) is 0 Å². The molecule has 0 radical (unpaired) electrons. The van der Waals surface area contributed by atoms with E-state index in [0.717, 1.165) is 11.3 Å². The second-order valence-corrected chi connectivity index (χ2v) is 6.37. The van der Waals surface area contributed by atoms with Gasteiger partial charge in [0, 0.05) is 26.2 Å². The molecule has 0 saturated carbocycles. The van der Waals surface area contributed by atoms with Crippen LogP contribution in [0.5, 0.6) is 0 Å². The smallest absolute Gasteiger partial charge is 0.248 e. The standard InChI is InChI=1S/C17H16Cl2N6O/c1-11(26)24(2)13-6-3-5-12(9-13)10-20-17-21-22-23-25(17)15-8-4-7-14(18)16(15)19/h3-9H,10H2,1-2H3,(H,20,21,23). The third-order valence-electron chi connectivity index (χ3n) is 3.85. The summed E-state index contributed by atoms with van der Waals surface area (Å²) in [5, 5.41) is 15.6. The van der Waals surface area contributed by atoms with Crippen LogP contribution in [0.25, 0.3) is 5.69 Å². The number of nitrogens with zero attached hydrogens (tertiary/aromatic N) is 5. The molecule has 26 heavy (non-hydrogen) atoms. The molecule has 1 amide bonds. The molecule has 7 nitrogen and oxygen atoms in total. The summed E-state index contributed by atoms with van der Waals surface area (Å²) in [6, 6.07) is 12.9. The average Bonchev–Trinajstić information content (AvgIpc) is 3.10. The Bertz CT molecular complexity index is 943. The molecule has 0 unspecified atom stereocenters. The number of halogens is 2. The van der Waals surface area contributed by atoms with E-state index in [1.165, 1.54) is 11.6 Å². The van der Waals surface area contributed by atoms with Crippen molar-refractivity contribution in [2.24, 2.45) is 0 Å². The van der Waals surface area contributed by atoms with Crippen LogP contribution in [-0.4, -0.2) is 33.2 Å². The number of carbonyl (C=O) groups is 1. The third-order valence-corrected chi connectivity index (χ3v) is 4.66. The van der Waals surface area contributed by atoms with Crippen LogP contribution in [0.2, 0.25) is 10.0 Å². The molecular formula is C17H16Cl2N6O. The fourth-order valence-electron chi connectivity index (χ4n) is 2.35. The predicted molar refractivity (Wildman–Crippen MR) is 102 cm³/mol. The monoisotopic (exact) mass is 390 g/mol. The molecule has 0 aliphatic rings. The van der Waals surface area contributed by atoms with Gasteiger partial charge in [-0.1, -0.05) is 46.5 Å². The average molecular weight is 391 g/mol. The Kier molecular flexibility index (Phi) is 5.39. The minimum atomic E-state index is -0.0327. The van der Waals surface area contributed by atoms with Crippen LogP contribution in [0.3, 0.4) is 0 Å². The van der Waals surface area contributed by atoms with Crippen LogP contribution in [0, 0.1) is 0 Å². The highest BCUT2D eigenvalue weighted by atomic mass is 35.5. The van der Waals surface area contributed by atoms with E-state index in [9.17, 15) is 4.79 Å². The van der Waals surface area contributed by atoms with Crippen molar-refractivity contribution >= 4 is 40.7 Å². The molecule has 1 aromatic heterocycles. The van der Waals surface area contributed by atoms with Gasteiger partial charge in [0.05, 0.1) is 15.7 Å². The minimum absolute atomic E-state index is 0.0327. The third kappa shape index (κ3) is 3.79. The quantitative estimate of drug-likeness (QED) is 0.720. The van der Waals surface area contributed by atoms with Crippen LogP contribution in [0.15, 0.2) is 42.5 Å². The summed E-state index contributed by atoms with van der Waals surface area (Å²) in [6.07, 6.45) is 0. The lowest BCUT2D eigenvalue weighted by molar-refractivity contribution is -0.116. The van der Waals surface area contributed by atoms with Crippen molar-refractivity contribution < 1.29 is 4.79 Å². The van der Waals surface area contributed by atoms with E-state index in [0.29, 0.717) is 28.2 Å². The van der Waals surface area contributed by atoms with E-state index in [-0.39, 0.29) is 5.91 Å². The lowest BCUT2D eigenvalue weighted by Gasteiger charge is -2.16. The van der Waals surface area contributed by atoms with Gasteiger partial charge in [-0.3, -0.25) is 4.79 Å². The van der Waals surface area contributed by atoms with Gasteiger partial charge in [-0.15, -0.1) is 0 Å². The molecule has 0 bridgehead atoms. The number of carbonyl (C=O) groups excluding carboxylic acids is 1. The molecule has 9 heteroatoms. The molecule has 1 heterocycles. The van der Waals surface area contributed by atoms with Crippen LogP contribution in [0.1, 0.15) is 12.5 Å². The van der Waals surface area contributed by atoms with Gasteiger partial charge in [-0.2, -0.15) is 4.68 Å². The number of benzene rings is 2. The van der Waals surface area contributed by atoms with Crippen LogP contribution >= 0.6 is 23.2 Å². The van der Waals surface area contributed by atoms with E-state index in [1.54, 1.807) is 30.1 Å². The van der Waals surface area contributed by atoms with Crippen molar-refractivity contribution in [3.8, 4) is 5.69 Å². The van der Waals surface area contributed by atoms with Gasteiger partial charge < -0.3 is 10.2 Å². The normalized spacial score (nSPS) is 10.6. The maximum absolute atomic E-state index is 11.5. The molecule has 134 valence electrons. The molecule has 0 atom stereocenters. The summed E-state index contributed by atoms with van der Waals surface area (Å²) in [5.74, 6) is 0.397. The molecule has 2 aromatic carbocycles. The number of tetrazole rings is 1. The van der Waals surface area contributed by atoms with Gasteiger partial charge in [0.15, 0.2) is 0 Å². The van der Waals surface area contributed by atoms with Crippen LogP contribution in [-0.2, 0) is 11.3 Å². The van der Waals surface area contributed by atoms with Crippen molar-refractivity contribution in [3.63, 3.8) is 0 Å². The topological polar surface area (TPSA) is 75.9 Å². The van der Waals surface area contributed by atoms with Crippen molar-refractivity contribution in [2.75, 3.05) is 17.3 Å². The minimum Gasteiger partial charge on any atom is -0.349 e. The van der Waals surface area contributed by atoms with Gasteiger partial charge in [0.1, 0.15) is 0 Å². The van der Waals surface area contributed by atoms with Gasteiger partial charge in [0.2, 0.25) is 11.9 Å². The molecule has 0 aliphatic carbocycles. The maximum atomic E-state index is 11.5. The molecule has 0 spiro atoms. The molecular weight excluding hydrogens is 375 g/mol. The Hall–Kier alpha value is -2.64. The summed E-state index contributed by atoms with van der Waals surface area (Å²) >= 11 is 12.3. The van der Waals surface area contributed by atoms with E-state index in [4.69, 9.17) is 23.2 Å². The lowest BCUT2D eigenvalue weighted by Crippen LogP contribution is -2.22. The van der Waals surface area contributed by atoms with Crippen molar-refractivity contribution in [3.05, 3.63) is 58.1 Å². The Morgan fingerprint density at radius 2 is 2.00 bits per heavy atom. The Labute approximate surface area is 160 Å². The Morgan fingerprint density at radius 3 is 2.77 bits per heavy atom. The van der Waals surface area contributed by atoms with E-state index < -0.39 is 0 Å². The first-order valence-electron chi connectivity index (χ1n) is 7.77. The summed E-state index contributed by atoms with van der Waals surface area (Å²) in [6.45, 7) is 1.99. The van der Waals surface area contributed by atoms with E-state index >= 15 is 0 Å². The van der Waals surface area contributed by atoms with Gasteiger partial charge in [-0.25, -0.2) is 0 Å². The van der Waals surface area contributed by atoms with Gasteiger partial charge in [-0.05, 0) is 40.3 Å². The predicted octanol–water partition coefficient (Wildman–Crippen LogP) is 3.56. The molecule has 0 fully saturated rings. The van der Waals surface area contributed by atoms with Crippen molar-refractivity contribution in [1.82, 2.24) is 20.2 Å². The number of amides is 1. The highest BCUT2D eigenvalue weighted by molar-refractivity contribution is 6.43. The number of hydrogen-bond donors (Lipinski definition) is 1. The molecule has 0 aliphatic heterocycles. The van der Waals surface area contributed by atoms with Crippen LogP contribution in [0.4, 0.5) is 11.6 Å². The van der Waals surface area contributed by atoms with Crippen LogP contribution < -0.4 is 10.2 Å². The highest BCUT2D eigenvalue weighted by Gasteiger charge is 2.13. The Morgan fingerprint density at radius 1 is 1.23 bits per heavy atom. The van der Waals surface area contributed by atoms with E-state index in [2.05, 4.69) is 20.8 Å². The zero-order valence-electron chi connectivity index (χ0n) is 14.1. The second kappa shape index (κ2) is 7.72. The Balaban J connectivity index is 1.80. The van der Waals surface area contributed by atoms with Crippen molar-refractivity contribution in [2.45, 2.75) is 13.5 Å². The zero-order chi connectivity index (χ0) is 18.7. The summed E-state index contributed by atoms with van der Waals surface area (Å²) in [7, 11) is 1.73. The lowest BCUT2D eigenvalue weighted by atomic mass is 10.2. The van der Waals surface area contributed by atoms with Crippen molar-refractivity contribution in [1.29, 1.82) is 0 Å². The highest BCUT2D eigenvalue weighted by Crippen LogP contribution is 2.29. The summed E-state index contributed by atoms with van der Waals surface area (Å²) in [5.41, 5.74) is 2.37. The maximum Gasteiger partial charge on any atom is 0.248 e. The molecule has 3 aromatic rings. The largest absolute Gasteiger partial charge is 0.349 e. The summed E-state index contributed by atoms with van der Waals surface area (Å²) in [4.78, 5) is 13.1. The number of hydrogen-bond acceptors (Lipinski definition) is 5. The molecule has 1 N–H and O–H groups in total. The first kappa shape index (κ1) is 18.2. The SMILES string of the molecule is CC(=O)N(C)c1cccc(CNc2nnnn2-c2cccc(Cl)c2Cl)c1. The van der Waals surface area contributed by atoms with E-state index in [1.807, 2.05) is 24.3 Å². The molecule has 3 rings (SSSR count). The fourth-order valence-corrected chi connectivity index (χ4v) is 2.73. The summed E-state index contributed by atoms with van der Waals surface area (Å²) < 4.78 is 1.49. The number of rotatable bonds is 5. The number of aromatic nitrogens is 4. The number of anilines is 2. The zero-order valence-corrected chi connectivity index (χ0v) is 15.7. The van der Waals surface area contributed by atoms with Gasteiger partial charge >= 0.3 is 0 Å². The fraction of sp³-hybridized carbons (Fsp3) is 0.176. The first-order chi connectivity index (χ1) is 12.5. The second-order valence-electron chi connectivity index (χ2n) is 5.59. The first-order valence-corrected chi connectivity index (χ1v) is 8.53. The number of nitrogens with one attached hydrogen (secondary N) is 1. The molecule has 0 saturated heterocycles.